The number of hydrogen-bond acceptors (Lipinski definition) is 5. The monoisotopic (exact) mass is 286 g/mol. The Balaban J connectivity index is 2.42. The topological polar surface area (TPSA) is 89.8 Å². The summed E-state index contributed by atoms with van der Waals surface area (Å²) in [5.41, 5.74) is -0.401. The van der Waals surface area contributed by atoms with Gasteiger partial charge in [0.1, 0.15) is 0 Å². The summed E-state index contributed by atoms with van der Waals surface area (Å²) in [7, 11) is -3.86. The van der Waals surface area contributed by atoms with Crippen molar-refractivity contribution in [2.24, 2.45) is 0 Å². The molecule has 1 aliphatic heterocycles. The van der Waals surface area contributed by atoms with Gasteiger partial charge in [0.15, 0.2) is 4.90 Å². The maximum absolute atomic E-state index is 12.4. The van der Waals surface area contributed by atoms with Gasteiger partial charge in [-0.15, -0.1) is 0 Å². The van der Waals surface area contributed by atoms with Crippen molar-refractivity contribution in [3.8, 4) is 0 Å². The van der Waals surface area contributed by atoms with Gasteiger partial charge in [-0.25, -0.2) is 8.42 Å². The third kappa shape index (κ3) is 2.75. The highest BCUT2D eigenvalue weighted by molar-refractivity contribution is 7.89. The van der Waals surface area contributed by atoms with E-state index in [-0.39, 0.29) is 24.1 Å². The van der Waals surface area contributed by atoms with E-state index in [1.54, 1.807) is 6.92 Å². The van der Waals surface area contributed by atoms with Crippen LogP contribution in [0.25, 0.3) is 0 Å². The van der Waals surface area contributed by atoms with Crippen molar-refractivity contribution in [3.05, 3.63) is 34.4 Å². The molecule has 1 aliphatic rings. The first-order valence-corrected chi connectivity index (χ1v) is 7.22. The lowest BCUT2D eigenvalue weighted by atomic mass is 10.3. The van der Waals surface area contributed by atoms with E-state index >= 15 is 0 Å². The van der Waals surface area contributed by atoms with Crippen LogP contribution in [0.4, 0.5) is 5.69 Å². The van der Waals surface area contributed by atoms with E-state index in [1.807, 2.05) is 0 Å². The lowest BCUT2D eigenvalue weighted by molar-refractivity contribution is -0.387. The molecule has 1 saturated heterocycles. The number of nitro benzene ring substituents is 1. The van der Waals surface area contributed by atoms with Crippen LogP contribution >= 0.6 is 0 Å². The molecule has 0 saturated carbocycles. The van der Waals surface area contributed by atoms with Crippen molar-refractivity contribution in [2.75, 3.05) is 19.7 Å². The molecule has 0 aliphatic carbocycles. The molecule has 0 radical (unpaired) electrons. The first kappa shape index (κ1) is 13.9. The molecular formula is C11H14N2O5S. The van der Waals surface area contributed by atoms with Gasteiger partial charge in [-0.2, -0.15) is 4.31 Å². The van der Waals surface area contributed by atoms with E-state index in [2.05, 4.69) is 0 Å². The van der Waals surface area contributed by atoms with Crippen LogP contribution in [0.2, 0.25) is 0 Å². The zero-order valence-electron chi connectivity index (χ0n) is 10.4. The van der Waals surface area contributed by atoms with Gasteiger partial charge in [0.25, 0.3) is 5.69 Å². The Labute approximate surface area is 111 Å². The molecule has 0 spiro atoms. The first-order chi connectivity index (χ1) is 8.93. The molecule has 1 aromatic carbocycles. The molecule has 0 amide bonds. The molecule has 1 atom stereocenters. The molecule has 104 valence electrons. The normalized spacial score (nSPS) is 21.2. The van der Waals surface area contributed by atoms with E-state index in [1.165, 1.54) is 28.6 Å². The van der Waals surface area contributed by atoms with Crippen LogP contribution in [0.1, 0.15) is 6.92 Å². The van der Waals surface area contributed by atoms with Gasteiger partial charge in [-0.1, -0.05) is 12.1 Å². The number of morpholine rings is 1. The number of sulfonamides is 1. The average molecular weight is 286 g/mol. The number of hydrogen-bond donors (Lipinski definition) is 0. The second-order valence-electron chi connectivity index (χ2n) is 4.27. The Morgan fingerprint density at radius 1 is 1.42 bits per heavy atom. The minimum absolute atomic E-state index is 0.203. The zero-order chi connectivity index (χ0) is 14.0. The Morgan fingerprint density at radius 2 is 2.11 bits per heavy atom. The smallest absolute Gasteiger partial charge is 0.289 e. The fourth-order valence-electron chi connectivity index (χ4n) is 1.97. The predicted molar refractivity (Wildman–Crippen MR) is 67.3 cm³/mol. The fraction of sp³-hybridized carbons (Fsp3) is 0.455. The number of benzene rings is 1. The minimum atomic E-state index is -3.86. The molecule has 1 fully saturated rings. The molecular weight excluding hydrogens is 272 g/mol. The van der Waals surface area contributed by atoms with E-state index < -0.39 is 20.6 Å². The Morgan fingerprint density at radius 3 is 2.74 bits per heavy atom. The van der Waals surface area contributed by atoms with Crippen LogP contribution in [0.5, 0.6) is 0 Å². The van der Waals surface area contributed by atoms with Crippen molar-refractivity contribution in [1.82, 2.24) is 4.31 Å². The second kappa shape index (κ2) is 5.24. The summed E-state index contributed by atoms with van der Waals surface area (Å²) >= 11 is 0. The van der Waals surface area contributed by atoms with Gasteiger partial charge in [0.2, 0.25) is 10.0 Å². The molecule has 8 heteroatoms. The third-order valence-electron chi connectivity index (χ3n) is 2.88. The highest BCUT2D eigenvalue weighted by Gasteiger charge is 2.33. The van der Waals surface area contributed by atoms with Gasteiger partial charge in [0.05, 0.1) is 17.6 Å². The summed E-state index contributed by atoms with van der Waals surface area (Å²) in [4.78, 5) is 9.96. The molecule has 1 heterocycles. The summed E-state index contributed by atoms with van der Waals surface area (Å²) < 4.78 is 31.4. The Bertz CT molecular complexity index is 587. The van der Waals surface area contributed by atoms with E-state index in [0.717, 1.165) is 0 Å². The highest BCUT2D eigenvalue weighted by atomic mass is 32.2. The summed E-state index contributed by atoms with van der Waals surface area (Å²) in [5.74, 6) is 0. The lowest BCUT2D eigenvalue weighted by Crippen LogP contribution is -2.44. The van der Waals surface area contributed by atoms with Gasteiger partial charge >= 0.3 is 0 Å². The van der Waals surface area contributed by atoms with Gasteiger partial charge in [-0.3, -0.25) is 10.1 Å². The van der Waals surface area contributed by atoms with Crippen LogP contribution in [0, 0.1) is 10.1 Å². The third-order valence-corrected chi connectivity index (χ3v) is 4.80. The molecule has 0 N–H and O–H groups in total. The first-order valence-electron chi connectivity index (χ1n) is 5.78. The quantitative estimate of drug-likeness (QED) is 0.611. The van der Waals surface area contributed by atoms with Crippen molar-refractivity contribution < 1.29 is 18.1 Å². The van der Waals surface area contributed by atoms with Crippen molar-refractivity contribution in [3.63, 3.8) is 0 Å². The summed E-state index contributed by atoms with van der Waals surface area (Å²) in [6, 6.07) is 5.37. The van der Waals surface area contributed by atoms with Crippen LogP contribution in [-0.2, 0) is 14.8 Å². The molecule has 2 rings (SSSR count). The van der Waals surface area contributed by atoms with E-state index in [4.69, 9.17) is 4.74 Å². The summed E-state index contributed by atoms with van der Waals surface area (Å²) in [6.45, 7) is 2.47. The minimum Gasteiger partial charge on any atom is -0.376 e. The van der Waals surface area contributed by atoms with Gasteiger partial charge < -0.3 is 4.74 Å². The summed E-state index contributed by atoms with van der Waals surface area (Å²) in [5, 5.41) is 10.9. The average Bonchev–Trinajstić information content (AvgIpc) is 2.38. The van der Waals surface area contributed by atoms with Crippen LogP contribution in [-0.4, -0.2) is 43.4 Å². The largest absolute Gasteiger partial charge is 0.376 e. The standard InChI is InChI=1S/C11H14N2O5S/c1-9-8-12(6-7-18-9)19(16,17)11-5-3-2-4-10(11)13(14)15/h2-5,9H,6-8H2,1H3. The lowest BCUT2D eigenvalue weighted by Gasteiger charge is -2.30. The van der Waals surface area contributed by atoms with Gasteiger partial charge in [-0.05, 0) is 13.0 Å². The van der Waals surface area contributed by atoms with Gasteiger partial charge in [0, 0.05) is 19.2 Å². The van der Waals surface area contributed by atoms with Crippen LogP contribution in [0.15, 0.2) is 29.2 Å². The number of rotatable bonds is 3. The van der Waals surface area contributed by atoms with Crippen molar-refractivity contribution in [1.29, 1.82) is 0 Å². The van der Waals surface area contributed by atoms with Crippen molar-refractivity contribution in [2.45, 2.75) is 17.9 Å². The SMILES string of the molecule is CC1CN(S(=O)(=O)c2ccccc2[N+](=O)[O-])CCO1. The van der Waals surface area contributed by atoms with Crippen molar-refractivity contribution >= 4 is 15.7 Å². The molecule has 7 nitrogen and oxygen atoms in total. The number of nitro groups is 1. The Hall–Kier alpha value is -1.51. The molecule has 0 aromatic heterocycles. The number of nitrogens with zero attached hydrogens (tertiary/aromatic N) is 2. The molecule has 1 aromatic rings. The highest BCUT2D eigenvalue weighted by Crippen LogP contribution is 2.27. The van der Waals surface area contributed by atoms with Crippen LogP contribution < -0.4 is 0 Å². The zero-order valence-corrected chi connectivity index (χ0v) is 11.2. The van der Waals surface area contributed by atoms with E-state index in [0.29, 0.717) is 6.61 Å². The number of para-hydroxylation sites is 1. The summed E-state index contributed by atoms with van der Waals surface area (Å²) in [6.07, 6.45) is -0.216. The maximum Gasteiger partial charge on any atom is 0.289 e. The second-order valence-corrected chi connectivity index (χ2v) is 6.18. The molecule has 1 unspecified atom stereocenters. The molecule has 19 heavy (non-hydrogen) atoms. The Kier molecular flexibility index (Phi) is 3.83. The van der Waals surface area contributed by atoms with Crippen LogP contribution in [0.3, 0.4) is 0 Å². The van der Waals surface area contributed by atoms with E-state index in [9.17, 15) is 18.5 Å². The number of ether oxygens (including phenoxy) is 1. The maximum atomic E-state index is 12.4. The predicted octanol–water partition coefficient (Wildman–Crippen LogP) is 1.00. The fourth-order valence-corrected chi connectivity index (χ4v) is 3.63. The molecule has 0 bridgehead atoms.